The van der Waals surface area contributed by atoms with E-state index in [4.69, 9.17) is 9.98 Å². The summed E-state index contributed by atoms with van der Waals surface area (Å²) in [5.41, 5.74) is 14.0. The minimum Gasteiger partial charge on any atom is -0.355 e. The Morgan fingerprint density at radius 3 is 1.49 bits per heavy atom. The molecule has 0 spiro atoms. The van der Waals surface area contributed by atoms with Gasteiger partial charge < -0.3 is 10.2 Å². The predicted molar refractivity (Wildman–Crippen MR) is 319 cm³/mol. The Bertz CT molecular complexity index is 3770. The van der Waals surface area contributed by atoms with E-state index in [9.17, 15) is 0 Å². The summed E-state index contributed by atoms with van der Waals surface area (Å²) < 4.78 is 0. The lowest BCUT2D eigenvalue weighted by molar-refractivity contribution is 0.383. The van der Waals surface area contributed by atoms with Crippen LogP contribution in [0.25, 0.3) is 22.3 Å². The maximum Gasteiger partial charge on any atom is 0.179 e. The Morgan fingerprint density at radius 1 is 0.408 bits per heavy atom. The molecule has 76 heavy (non-hydrogen) atoms. The van der Waals surface area contributed by atoms with Crippen molar-refractivity contribution in [1.82, 2.24) is 4.90 Å². The molecule has 1 aliphatic heterocycles. The second-order valence-electron chi connectivity index (χ2n) is 19.7. The quantitative estimate of drug-likeness (QED) is 0.0979. The van der Waals surface area contributed by atoms with E-state index < -0.39 is 13.5 Å². The Kier molecular flexibility index (Phi) is 12.1. The highest BCUT2D eigenvalue weighted by molar-refractivity contribution is 7.19. The van der Waals surface area contributed by atoms with Crippen molar-refractivity contribution in [3.05, 3.63) is 336 Å². The molecule has 0 aromatic heterocycles. The molecule has 0 fully saturated rings. The molecular weight excluding hydrogens is 937 g/mol. The van der Waals surface area contributed by atoms with Gasteiger partial charge in [0.15, 0.2) is 13.9 Å². The minimum absolute atomic E-state index is 0.332. The normalized spacial score (nSPS) is 14.5. The number of rotatable bonds is 12. The van der Waals surface area contributed by atoms with Crippen LogP contribution in [-0.2, 0) is 5.41 Å². The van der Waals surface area contributed by atoms with Crippen molar-refractivity contribution in [2.24, 2.45) is 9.98 Å². The Labute approximate surface area is 446 Å². The van der Waals surface area contributed by atoms with Gasteiger partial charge in [-0.25, -0.2) is 9.98 Å². The van der Waals surface area contributed by atoms with Crippen LogP contribution in [0, 0.1) is 0 Å². The number of nitrogens with zero attached hydrogens (tertiary/aromatic N) is 3. The van der Waals surface area contributed by atoms with Gasteiger partial charge in [-0.1, -0.05) is 285 Å². The number of fused-ring (bicyclic) bond motifs is 3. The molecule has 0 radical (unpaired) electrons. The van der Waals surface area contributed by atoms with Gasteiger partial charge >= 0.3 is 0 Å². The minimum atomic E-state index is -2.85. The van der Waals surface area contributed by atoms with Crippen molar-refractivity contribution < 1.29 is 0 Å². The van der Waals surface area contributed by atoms with Crippen molar-refractivity contribution in [3.63, 3.8) is 0 Å². The van der Waals surface area contributed by atoms with E-state index in [2.05, 4.69) is 315 Å². The molecule has 0 amide bonds. The summed E-state index contributed by atoms with van der Waals surface area (Å²) in [4.78, 5) is 13.4. The van der Waals surface area contributed by atoms with Crippen molar-refractivity contribution in [1.29, 1.82) is 0 Å². The van der Waals surface area contributed by atoms with Crippen LogP contribution >= 0.6 is 0 Å². The van der Waals surface area contributed by atoms with Gasteiger partial charge in [0.1, 0.15) is 12.0 Å². The highest BCUT2D eigenvalue weighted by Gasteiger charge is 2.48. The molecule has 1 atom stereocenters. The lowest BCUT2D eigenvalue weighted by atomic mass is 9.67. The highest BCUT2D eigenvalue weighted by Crippen LogP contribution is 2.60. The first-order chi connectivity index (χ1) is 37.6. The zero-order chi connectivity index (χ0) is 50.9. The average Bonchev–Trinajstić information content (AvgIpc) is 3.86. The third-order valence-corrected chi connectivity index (χ3v) is 20.3. The topological polar surface area (TPSA) is 40.0 Å². The third-order valence-electron chi connectivity index (χ3n) is 15.5. The third kappa shape index (κ3) is 7.83. The number of benzene rings is 11. The van der Waals surface area contributed by atoms with Crippen LogP contribution in [0.3, 0.4) is 0 Å². The fourth-order valence-corrected chi connectivity index (χ4v) is 17.0. The fourth-order valence-electron chi connectivity index (χ4n) is 12.2. The van der Waals surface area contributed by atoms with Crippen LogP contribution in [0.5, 0.6) is 0 Å². The molecule has 2 aliphatic rings. The molecule has 0 saturated carbocycles. The van der Waals surface area contributed by atoms with E-state index in [0.29, 0.717) is 5.84 Å². The summed E-state index contributed by atoms with van der Waals surface area (Å²) in [5, 5.41) is 9.39. The first-order valence-corrected chi connectivity index (χ1v) is 28.2. The molecule has 11 aromatic rings. The lowest BCUT2D eigenvalue weighted by Gasteiger charge is -2.36. The number of anilines is 2. The zero-order valence-corrected chi connectivity index (χ0v) is 43.2. The number of nitrogens with one attached hydrogen (secondary N) is 1. The first kappa shape index (κ1) is 46.4. The number of hydrogen-bond donors (Lipinski definition) is 1. The molecule has 1 aliphatic carbocycles. The van der Waals surface area contributed by atoms with E-state index in [1.807, 2.05) is 0 Å². The van der Waals surface area contributed by atoms with Gasteiger partial charge in [-0.15, -0.1) is 0 Å². The smallest absolute Gasteiger partial charge is 0.179 e. The first-order valence-electron chi connectivity index (χ1n) is 26.2. The molecule has 4 nitrogen and oxygen atoms in total. The van der Waals surface area contributed by atoms with E-state index in [1.54, 1.807) is 0 Å². The molecule has 5 heteroatoms. The zero-order valence-electron chi connectivity index (χ0n) is 42.2. The summed E-state index contributed by atoms with van der Waals surface area (Å²) in [7, 11) is -0.719. The molecule has 0 bridgehead atoms. The molecule has 0 saturated heterocycles. The van der Waals surface area contributed by atoms with E-state index in [0.717, 1.165) is 45.0 Å². The maximum atomic E-state index is 5.60. The fraction of sp³-hybridized carbons (Fsp3) is 0.0423. The molecular formula is C71H54N4Si. The summed E-state index contributed by atoms with van der Waals surface area (Å²) in [6, 6.07) is 108. The Morgan fingerprint density at radius 2 is 0.882 bits per heavy atom. The average molecular weight is 991 g/mol. The molecule has 1 unspecified atom stereocenters. The van der Waals surface area contributed by atoms with Crippen LogP contribution < -0.4 is 26.1 Å². The van der Waals surface area contributed by atoms with Crippen LogP contribution in [0.15, 0.2) is 307 Å². The van der Waals surface area contributed by atoms with Crippen molar-refractivity contribution in [2.75, 3.05) is 12.4 Å². The van der Waals surface area contributed by atoms with Crippen LogP contribution in [0.1, 0.15) is 45.1 Å². The van der Waals surface area contributed by atoms with Crippen molar-refractivity contribution in [2.45, 2.75) is 11.6 Å². The molecule has 13 rings (SSSR count). The summed E-state index contributed by atoms with van der Waals surface area (Å²) >= 11 is 0. The van der Waals surface area contributed by atoms with E-state index in [-0.39, 0.29) is 6.17 Å². The van der Waals surface area contributed by atoms with Gasteiger partial charge in [-0.2, -0.15) is 0 Å². The van der Waals surface area contributed by atoms with Gasteiger partial charge in [-0.05, 0) is 71.8 Å². The van der Waals surface area contributed by atoms with Crippen LogP contribution in [0.4, 0.5) is 11.4 Å². The Balaban J connectivity index is 0.986. The highest BCUT2D eigenvalue weighted by atomic mass is 28.3. The molecule has 11 aromatic carbocycles. The van der Waals surface area contributed by atoms with Gasteiger partial charge in [0, 0.05) is 35.0 Å². The number of amidine groups is 2. The van der Waals surface area contributed by atoms with Crippen LogP contribution in [0.2, 0.25) is 0 Å². The summed E-state index contributed by atoms with van der Waals surface area (Å²) in [6.45, 7) is 0. The maximum absolute atomic E-state index is 5.60. The van der Waals surface area contributed by atoms with E-state index in [1.165, 1.54) is 54.1 Å². The molecule has 1 heterocycles. The van der Waals surface area contributed by atoms with Gasteiger partial charge in [0.05, 0.1) is 11.1 Å². The van der Waals surface area contributed by atoms with Crippen molar-refractivity contribution >= 4 is 51.9 Å². The van der Waals surface area contributed by atoms with Crippen LogP contribution in [-0.4, -0.2) is 31.7 Å². The van der Waals surface area contributed by atoms with Gasteiger partial charge in [-0.3, -0.25) is 0 Å². The monoisotopic (exact) mass is 990 g/mol. The Hall–Kier alpha value is -9.42. The van der Waals surface area contributed by atoms with Gasteiger partial charge in [0.2, 0.25) is 0 Å². The molecule has 362 valence electrons. The summed E-state index contributed by atoms with van der Waals surface area (Å²) in [6.07, 6.45) is -0.332. The second kappa shape index (κ2) is 19.8. The second-order valence-corrected chi connectivity index (χ2v) is 23.5. The predicted octanol–water partition coefficient (Wildman–Crippen LogP) is 13.7. The number of hydrogen-bond acceptors (Lipinski definition) is 4. The largest absolute Gasteiger partial charge is 0.355 e. The lowest BCUT2D eigenvalue weighted by Crippen LogP contribution is -2.74. The summed E-state index contributed by atoms with van der Waals surface area (Å²) in [5.74, 6) is 1.53. The van der Waals surface area contributed by atoms with Crippen molar-refractivity contribution in [3.8, 4) is 22.3 Å². The standard InChI is InChI=1S/C71H54N4Si/c1-75-69(52-29-11-3-12-30-52)73-68(74-70(75)54-32-26-44-61(50-54)76(58-38-17-6-18-39-58,59-40-19-7-20-41-59)60-42-21-8-22-43-60)53-31-25-37-57(49-53)72-67-62(51-27-9-2-10-28-51)47-48-64-63-45-23-24-46-65(63)71(66(64)67,55-33-13-4-14-34-55)56-35-15-5-16-36-56/h2-50,69,72H,1H3. The SMILES string of the molecule is CN1C(c2cccc([Si](c3ccccc3)(c3ccccc3)c3ccccc3)c2)=NC(c2cccc(Nc3c(-c4ccccc4)ccc4c3C(c3ccccc3)(c3ccccc3)c3ccccc3-4)c2)=NC1c1ccccc1. The molecule has 1 N–H and O–H groups in total. The van der Waals surface area contributed by atoms with E-state index >= 15 is 0 Å². The number of aliphatic imine (C=N–C) groups is 2. The van der Waals surface area contributed by atoms with Gasteiger partial charge in [0.25, 0.3) is 0 Å².